The highest BCUT2D eigenvalue weighted by Gasteiger charge is 2.31. The van der Waals surface area contributed by atoms with E-state index in [-0.39, 0.29) is 6.04 Å². The summed E-state index contributed by atoms with van der Waals surface area (Å²) in [6, 6.07) is 17.2. The van der Waals surface area contributed by atoms with Gasteiger partial charge in [-0.05, 0) is 61.9 Å². The predicted molar refractivity (Wildman–Crippen MR) is 156 cm³/mol. The Labute approximate surface area is 237 Å². The molecule has 0 radical (unpaired) electrons. The fourth-order valence-corrected chi connectivity index (χ4v) is 6.93. The zero-order valence-electron chi connectivity index (χ0n) is 21.3. The number of pyridine rings is 1. The van der Waals surface area contributed by atoms with Gasteiger partial charge in [0, 0.05) is 40.2 Å². The third-order valence-corrected chi connectivity index (χ3v) is 8.73. The van der Waals surface area contributed by atoms with Crippen molar-refractivity contribution in [2.75, 3.05) is 13.2 Å². The molecular formula is C29H29Br2N5O2. The van der Waals surface area contributed by atoms with Crippen LogP contribution in [0.2, 0.25) is 0 Å². The summed E-state index contributed by atoms with van der Waals surface area (Å²) in [4.78, 5) is 4.99. The van der Waals surface area contributed by atoms with Gasteiger partial charge < -0.3 is 14.4 Å². The second-order valence-corrected chi connectivity index (χ2v) is 11.8. The molecule has 0 bridgehead atoms. The lowest BCUT2D eigenvalue weighted by atomic mass is 9.86. The summed E-state index contributed by atoms with van der Waals surface area (Å²) >= 11 is 7.26. The Balaban J connectivity index is 1.70. The van der Waals surface area contributed by atoms with Gasteiger partial charge in [-0.1, -0.05) is 62.2 Å². The van der Waals surface area contributed by atoms with Gasteiger partial charge in [0.1, 0.15) is 11.4 Å². The molecule has 0 saturated carbocycles. The molecule has 1 unspecified atom stereocenters. The molecule has 4 heterocycles. The van der Waals surface area contributed by atoms with Crippen molar-refractivity contribution < 1.29 is 9.84 Å². The van der Waals surface area contributed by atoms with E-state index in [1.807, 2.05) is 20.0 Å². The second kappa shape index (κ2) is 10.2. The molecule has 196 valence electrons. The Kier molecular flexibility index (Phi) is 6.88. The molecule has 5 aromatic rings. The Morgan fingerprint density at radius 1 is 1.11 bits per heavy atom. The van der Waals surface area contributed by atoms with Gasteiger partial charge in [-0.2, -0.15) is 15.4 Å². The fourth-order valence-electron chi connectivity index (χ4n) is 5.71. The number of ether oxygens (including phenoxy) is 1. The van der Waals surface area contributed by atoms with Crippen LogP contribution >= 0.6 is 31.9 Å². The van der Waals surface area contributed by atoms with E-state index in [1.54, 1.807) is 0 Å². The summed E-state index contributed by atoms with van der Waals surface area (Å²) < 4.78 is 9.06. The number of benzene rings is 2. The molecule has 2 aromatic carbocycles. The molecule has 6 rings (SSSR count). The van der Waals surface area contributed by atoms with E-state index in [4.69, 9.17) is 9.72 Å². The monoisotopic (exact) mass is 637 g/mol. The second-order valence-electron chi connectivity index (χ2n) is 10.4. The van der Waals surface area contributed by atoms with Gasteiger partial charge in [0.05, 0.1) is 28.2 Å². The van der Waals surface area contributed by atoms with Crippen molar-refractivity contribution in [3.05, 3.63) is 76.0 Å². The molecule has 0 amide bonds. The van der Waals surface area contributed by atoms with Crippen LogP contribution in [0.5, 0.6) is 0 Å². The molecule has 1 fully saturated rings. The van der Waals surface area contributed by atoms with E-state index < -0.39 is 5.60 Å². The zero-order chi connectivity index (χ0) is 26.4. The van der Waals surface area contributed by atoms with E-state index in [1.165, 1.54) is 5.56 Å². The molecule has 1 saturated heterocycles. The van der Waals surface area contributed by atoms with Gasteiger partial charge in [0.15, 0.2) is 0 Å². The maximum absolute atomic E-state index is 11.0. The minimum Gasteiger partial charge on any atom is -0.386 e. The van der Waals surface area contributed by atoms with Crippen LogP contribution in [0.15, 0.2) is 59.2 Å². The lowest BCUT2D eigenvalue weighted by Gasteiger charge is -2.33. The first-order valence-corrected chi connectivity index (χ1v) is 14.7. The van der Waals surface area contributed by atoms with Crippen LogP contribution in [0.4, 0.5) is 0 Å². The van der Waals surface area contributed by atoms with Crippen molar-refractivity contribution in [3.63, 3.8) is 0 Å². The summed E-state index contributed by atoms with van der Waals surface area (Å²) in [5.74, 6) is 0.382. The van der Waals surface area contributed by atoms with Gasteiger partial charge >= 0.3 is 0 Å². The van der Waals surface area contributed by atoms with Crippen molar-refractivity contribution >= 4 is 53.8 Å². The molecule has 2 N–H and O–H groups in total. The van der Waals surface area contributed by atoms with Gasteiger partial charge in [-0.15, -0.1) is 0 Å². The van der Waals surface area contributed by atoms with Crippen LogP contribution in [0, 0.1) is 5.92 Å². The molecule has 0 aliphatic carbocycles. The van der Waals surface area contributed by atoms with E-state index in [0.717, 1.165) is 75.0 Å². The molecular weight excluding hydrogens is 610 g/mol. The van der Waals surface area contributed by atoms with E-state index in [2.05, 4.69) is 100 Å². The third-order valence-electron chi connectivity index (χ3n) is 7.54. The summed E-state index contributed by atoms with van der Waals surface area (Å²) in [5, 5.41) is 24.1. The summed E-state index contributed by atoms with van der Waals surface area (Å²) in [6.07, 6.45) is 3.82. The SMILES string of the molecule is CC(C)(O)c1cc2c(cc1Br)c1ncc(-c3n[nH]nc3CBr)cc1n2C(c1ccccc1)C1CCOCC1. The largest absolute Gasteiger partial charge is 0.386 e. The number of nitrogens with zero attached hydrogens (tertiary/aromatic N) is 4. The Morgan fingerprint density at radius 2 is 1.87 bits per heavy atom. The zero-order valence-corrected chi connectivity index (χ0v) is 24.5. The number of H-pyrrole nitrogens is 1. The van der Waals surface area contributed by atoms with E-state index >= 15 is 0 Å². The third kappa shape index (κ3) is 4.49. The van der Waals surface area contributed by atoms with Crippen molar-refractivity contribution in [3.8, 4) is 11.3 Å². The number of aromatic amines is 1. The fraction of sp³-hybridized carbons (Fsp3) is 0.345. The van der Waals surface area contributed by atoms with Crippen molar-refractivity contribution in [2.45, 2.75) is 43.7 Å². The standard InChI is InChI=1S/C29H29Br2N5O2/c1-29(2,37)21-14-24-20(13-22(21)31)27-25(12-19(16-32-27)26-23(15-30)33-35-34-26)36(24)28(17-6-4-3-5-7-17)18-8-10-38-11-9-18/h3-7,12-14,16,18,28,37H,8-11,15H2,1-2H3,(H,33,34,35). The highest BCUT2D eigenvalue weighted by molar-refractivity contribution is 9.10. The molecule has 38 heavy (non-hydrogen) atoms. The van der Waals surface area contributed by atoms with Crippen LogP contribution in [-0.4, -0.2) is 43.3 Å². The number of hydrogen-bond acceptors (Lipinski definition) is 5. The summed E-state index contributed by atoms with van der Waals surface area (Å²) in [5.41, 5.74) is 6.60. The quantitative estimate of drug-likeness (QED) is 0.198. The lowest BCUT2D eigenvalue weighted by molar-refractivity contribution is 0.0552. The number of fused-ring (bicyclic) bond motifs is 3. The molecule has 1 aliphatic rings. The number of aromatic nitrogens is 5. The van der Waals surface area contributed by atoms with Gasteiger partial charge in [-0.3, -0.25) is 4.98 Å². The maximum atomic E-state index is 11.0. The first-order chi connectivity index (χ1) is 18.4. The van der Waals surface area contributed by atoms with Crippen LogP contribution in [0.3, 0.4) is 0 Å². The average Bonchev–Trinajstić information content (AvgIpc) is 3.52. The van der Waals surface area contributed by atoms with Crippen LogP contribution in [-0.2, 0) is 15.7 Å². The minimum absolute atomic E-state index is 0.0703. The molecule has 1 aliphatic heterocycles. The van der Waals surface area contributed by atoms with Crippen LogP contribution in [0.25, 0.3) is 33.2 Å². The van der Waals surface area contributed by atoms with E-state index in [0.29, 0.717) is 11.2 Å². The van der Waals surface area contributed by atoms with E-state index in [9.17, 15) is 5.11 Å². The first kappa shape index (κ1) is 25.7. The van der Waals surface area contributed by atoms with Crippen LogP contribution < -0.4 is 0 Å². The normalized spacial score (nSPS) is 15.9. The smallest absolute Gasteiger partial charge is 0.118 e. The van der Waals surface area contributed by atoms with Gasteiger partial charge in [0.2, 0.25) is 0 Å². The number of halogens is 2. The number of alkyl halides is 1. The minimum atomic E-state index is -1.01. The first-order valence-electron chi connectivity index (χ1n) is 12.8. The summed E-state index contributed by atoms with van der Waals surface area (Å²) in [6.45, 7) is 5.15. The highest BCUT2D eigenvalue weighted by Crippen LogP contribution is 2.43. The van der Waals surface area contributed by atoms with Crippen molar-refractivity contribution in [1.29, 1.82) is 0 Å². The number of nitrogens with one attached hydrogen (secondary N) is 1. The Morgan fingerprint density at radius 3 is 2.58 bits per heavy atom. The summed E-state index contributed by atoms with van der Waals surface area (Å²) in [7, 11) is 0. The maximum Gasteiger partial charge on any atom is 0.118 e. The molecule has 9 heteroatoms. The van der Waals surface area contributed by atoms with Gasteiger partial charge in [-0.25, -0.2) is 0 Å². The van der Waals surface area contributed by atoms with Gasteiger partial charge in [0.25, 0.3) is 0 Å². The topological polar surface area (TPSA) is 88.9 Å². The lowest BCUT2D eigenvalue weighted by Crippen LogP contribution is -2.27. The number of hydrogen-bond donors (Lipinski definition) is 2. The molecule has 3 aromatic heterocycles. The van der Waals surface area contributed by atoms with Crippen LogP contribution in [0.1, 0.15) is 49.6 Å². The van der Waals surface area contributed by atoms with Crippen molar-refractivity contribution in [2.24, 2.45) is 5.92 Å². The van der Waals surface area contributed by atoms with Crippen molar-refractivity contribution in [1.82, 2.24) is 25.0 Å². The average molecular weight is 639 g/mol. The molecule has 1 atom stereocenters. The number of rotatable bonds is 6. The Bertz CT molecular complexity index is 1600. The molecule has 0 spiro atoms. The molecule has 7 nitrogen and oxygen atoms in total. The Hall–Kier alpha value is -2.59. The highest BCUT2D eigenvalue weighted by atomic mass is 79.9. The predicted octanol–water partition coefficient (Wildman–Crippen LogP) is 6.88. The number of aliphatic hydroxyl groups is 1.